The molecule has 1 aliphatic heterocycles. The Hall–Kier alpha value is -1.67. The number of hydrogen-bond donors (Lipinski definition) is 1. The zero-order chi connectivity index (χ0) is 14.3. The summed E-state index contributed by atoms with van der Waals surface area (Å²) in [5, 5.41) is 4.23. The first-order valence-electron chi connectivity index (χ1n) is 6.84. The Morgan fingerprint density at radius 2 is 1.80 bits per heavy atom. The molecule has 2 atom stereocenters. The van der Waals surface area contributed by atoms with Gasteiger partial charge in [0.15, 0.2) is 0 Å². The van der Waals surface area contributed by atoms with E-state index >= 15 is 0 Å². The van der Waals surface area contributed by atoms with Crippen LogP contribution in [-0.2, 0) is 0 Å². The fraction of sp³-hybridized carbons (Fsp3) is 0.294. The molecule has 0 spiro atoms. The van der Waals surface area contributed by atoms with E-state index in [2.05, 4.69) is 43.4 Å². The third-order valence-electron chi connectivity index (χ3n) is 3.73. The van der Waals surface area contributed by atoms with E-state index in [1.165, 1.54) is 11.1 Å². The SMILES string of the molecule is Cc1ccc(C2Oc3c(C)cc(Cl)cc3NC2C)cc1. The van der Waals surface area contributed by atoms with Crippen LogP contribution in [0.4, 0.5) is 5.69 Å². The lowest BCUT2D eigenvalue weighted by atomic mass is 9.99. The molecule has 104 valence electrons. The van der Waals surface area contributed by atoms with Gasteiger partial charge >= 0.3 is 0 Å². The fourth-order valence-electron chi connectivity index (χ4n) is 2.66. The van der Waals surface area contributed by atoms with Crippen LogP contribution in [0.25, 0.3) is 0 Å². The Morgan fingerprint density at radius 3 is 2.50 bits per heavy atom. The van der Waals surface area contributed by atoms with Crippen LogP contribution in [0.2, 0.25) is 5.02 Å². The minimum atomic E-state index is 0.0166. The molecule has 0 aliphatic carbocycles. The molecule has 0 saturated heterocycles. The molecule has 3 rings (SSSR count). The molecule has 1 N–H and O–H groups in total. The van der Waals surface area contributed by atoms with E-state index in [0.29, 0.717) is 0 Å². The van der Waals surface area contributed by atoms with Crippen molar-refractivity contribution in [1.82, 2.24) is 0 Å². The van der Waals surface area contributed by atoms with Crippen LogP contribution < -0.4 is 10.1 Å². The summed E-state index contributed by atoms with van der Waals surface area (Å²) < 4.78 is 6.23. The normalized spacial score (nSPS) is 20.8. The highest BCUT2D eigenvalue weighted by Crippen LogP contribution is 2.41. The van der Waals surface area contributed by atoms with Crippen LogP contribution in [0.5, 0.6) is 5.75 Å². The molecular formula is C17H18ClNO. The smallest absolute Gasteiger partial charge is 0.146 e. The van der Waals surface area contributed by atoms with Gasteiger partial charge < -0.3 is 10.1 Å². The number of anilines is 1. The second-order valence-electron chi connectivity index (χ2n) is 5.48. The van der Waals surface area contributed by atoms with E-state index in [0.717, 1.165) is 22.0 Å². The highest BCUT2D eigenvalue weighted by atomic mass is 35.5. The van der Waals surface area contributed by atoms with Crippen molar-refractivity contribution >= 4 is 17.3 Å². The molecule has 0 amide bonds. The predicted molar refractivity (Wildman–Crippen MR) is 83.8 cm³/mol. The molecule has 3 heteroatoms. The summed E-state index contributed by atoms with van der Waals surface area (Å²) in [6.45, 7) is 6.24. The summed E-state index contributed by atoms with van der Waals surface area (Å²) in [4.78, 5) is 0. The van der Waals surface area contributed by atoms with Crippen molar-refractivity contribution in [2.75, 3.05) is 5.32 Å². The first-order valence-corrected chi connectivity index (χ1v) is 7.22. The van der Waals surface area contributed by atoms with Crippen LogP contribution >= 0.6 is 11.6 Å². The zero-order valence-electron chi connectivity index (χ0n) is 11.9. The van der Waals surface area contributed by atoms with E-state index in [1.807, 2.05) is 19.1 Å². The van der Waals surface area contributed by atoms with E-state index in [4.69, 9.17) is 16.3 Å². The van der Waals surface area contributed by atoms with Crippen LogP contribution in [0.1, 0.15) is 29.7 Å². The van der Waals surface area contributed by atoms with Gasteiger partial charge in [-0.3, -0.25) is 0 Å². The number of aryl methyl sites for hydroxylation is 2. The predicted octanol–water partition coefficient (Wildman–Crippen LogP) is 4.89. The van der Waals surface area contributed by atoms with Gasteiger partial charge in [-0.15, -0.1) is 0 Å². The summed E-state index contributed by atoms with van der Waals surface area (Å²) in [7, 11) is 0. The Bertz CT molecular complexity index is 636. The molecule has 2 aromatic rings. The Morgan fingerprint density at radius 1 is 1.10 bits per heavy atom. The van der Waals surface area contributed by atoms with E-state index in [-0.39, 0.29) is 12.1 Å². The van der Waals surface area contributed by atoms with Crippen LogP contribution in [0, 0.1) is 13.8 Å². The number of ether oxygens (including phenoxy) is 1. The summed E-state index contributed by atoms with van der Waals surface area (Å²) in [6, 6.07) is 12.6. The van der Waals surface area contributed by atoms with Gasteiger partial charge in [0, 0.05) is 5.02 Å². The van der Waals surface area contributed by atoms with Crippen molar-refractivity contribution in [3.8, 4) is 5.75 Å². The highest BCUT2D eigenvalue weighted by Gasteiger charge is 2.28. The molecule has 0 bridgehead atoms. The summed E-state index contributed by atoms with van der Waals surface area (Å²) in [5.74, 6) is 0.901. The lowest BCUT2D eigenvalue weighted by molar-refractivity contribution is 0.176. The quantitative estimate of drug-likeness (QED) is 0.806. The van der Waals surface area contributed by atoms with Gasteiger partial charge in [-0.25, -0.2) is 0 Å². The Labute approximate surface area is 124 Å². The number of rotatable bonds is 1. The van der Waals surface area contributed by atoms with Gasteiger partial charge in [-0.05, 0) is 44.0 Å². The summed E-state index contributed by atoms with van der Waals surface area (Å²) in [6.07, 6.45) is 0.0166. The third kappa shape index (κ3) is 2.36. The molecule has 2 aromatic carbocycles. The molecule has 0 aromatic heterocycles. The Kier molecular flexibility index (Phi) is 3.35. The van der Waals surface area contributed by atoms with Gasteiger partial charge in [-0.1, -0.05) is 41.4 Å². The summed E-state index contributed by atoms with van der Waals surface area (Å²) in [5.41, 5.74) is 4.49. The summed E-state index contributed by atoms with van der Waals surface area (Å²) >= 11 is 6.10. The van der Waals surface area contributed by atoms with Crippen molar-refractivity contribution in [3.05, 3.63) is 58.1 Å². The maximum atomic E-state index is 6.23. The zero-order valence-corrected chi connectivity index (χ0v) is 12.7. The fourth-order valence-corrected chi connectivity index (χ4v) is 2.93. The lowest BCUT2D eigenvalue weighted by Crippen LogP contribution is -2.32. The third-order valence-corrected chi connectivity index (χ3v) is 3.95. The molecule has 2 nitrogen and oxygen atoms in total. The van der Waals surface area contributed by atoms with Crippen molar-refractivity contribution in [3.63, 3.8) is 0 Å². The second kappa shape index (κ2) is 5.02. The monoisotopic (exact) mass is 287 g/mol. The first-order chi connectivity index (χ1) is 9.54. The molecule has 20 heavy (non-hydrogen) atoms. The Balaban J connectivity index is 1.98. The molecule has 1 aliphatic rings. The minimum absolute atomic E-state index is 0.0166. The molecule has 1 heterocycles. The van der Waals surface area contributed by atoms with E-state index < -0.39 is 0 Å². The number of halogens is 1. The van der Waals surface area contributed by atoms with Crippen molar-refractivity contribution in [2.45, 2.75) is 32.9 Å². The minimum Gasteiger partial charge on any atom is -0.481 e. The van der Waals surface area contributed by atoms with Gasteiger partial charge in [0.25, 0.3) is 0 Å². The average Bonchev–Trinajstić information content (AvgIpc) is 2.39. The average molecular weight is 288 g/mol. The largest absolute Gasteiger partial charge is 0.481 e. The van der Waals surface area contributed by atoms with E-state index in [9.17, 15) is 0 Å². The first kappa shape index (κ1) is 13.3. The van der Waals surface area contributed by atoms with Crippen LogP contribution in [0.3, 0.4) is 0 Å². The molecule has 0 saturated carbocycles. The van der Waals surface area contributed by atoms with Crippen molar-refractivity contribution < 1.29 is 4.74 Å². The van der Waals surface area contributed by atoms with Gasteiger partial charge in [0.2, 0.25) is 0 Å². The van der Waals surface area contributed by atoms with E-state index in [1.54, 1.807) is 0 Å². The maximum Gasteiger partial charge on any atom is 0.146 e. The topological polar surface area (TPSA) is 21.3 Å². The standard InChI is InChI=1S/C17H18ClNO/c1-10-4-6-13(7-5-10)17-12(3)19-15-9-14(18)8-11(2)16(15)20-17/h4-9,12,17,19H,1-3H3. The van der Waals surface area contributed by atoms with Gasteiger partial charge in [-0.2, -0.15) is 0 Å². The molecular weight excluding hydrogens is 270 g/mol. The molecule has 0 fully saturated rings. The number of nitrogens with one attached hydrogen (secondary N) is 1. The van der Waals surface area contributed by atoms with Crippen molar-refractivity contribution in [2.24, 2.45) is 0 Å². The van der Waals surface area contributed by atoms with Gasteiger partial charge in [0.1, 0.15) is 11.9 Å². The van der Waals surface area contributed by atoms with Crippen LogP contribution in [0.15, 0.2) is 36.4 Å². The van der Waals surface area contributed by atoms with Crippen LogP contribution in [-0.4, -0.2) is 6.04 Å². The molecule has 0 radical (unpaired) electrons. The number of fused-ring (bicyclic) bond motifs is 1. The van der Waals surface area contributed by atoms with Crippen molar-refractivity contribution in [1.29, 1.82) is 0 Å². The second-order valence-corrected chi connectivity index (χ2v) is 5.92. The maximum absolute atomic E-state index is 6.23. The lowest BCUT2D eigenvalue weighted by Gasteiger charge is -2.34. The highest BCUT2D eigenvalue weighted by molar-refractivity contribution is 6.31. The number of hydrogen-bond acceptors (Lipinski definition) is 2. The number of benzene rings is 2. The molecule has 2 unspecified atom stereocenters. The van der Waals surface area contributed by atoms with Gasteiger partial charge in [0.05, 0.1) is 11.7 Å².